The summed E-state index contributed by atoms with van der Waals surface area (Å²) < 4.78 is 8.11. The second kappa shape index (κ2) is 8.73. The molecule has 0 bridgehead atoms. The highest BCUT2D eigenvalue weighted by atomic mass is 32.3. The first-order chi connectivity index (χ1) is 12.2. The second-order valence-electron chi connectivity index (χ2n) is 5.76. The average molecular weight is 489 g/mol. The summed E-state index contributed by atoms with van der Waals surface area (Å²) in [7, 11) is 0. The Hall–Kier alpha value is 1.90. The van der Waals surface area contributed by atoms with Crippen LogP contribution in [0.4, 0.5) is 0 Å². The summed E-state index contributed by atoms with van der Waals surface area (Å²) in [5.74, 6) is 2.52. The lowest BCUT2D eigenvalue weighted by Gasteiger charge is -2.27. The first-order valence-corrected chi connectivity index (χ1v) is 14.6. The van der Waals surface area contributed by atoms with Crippen molar-refractivity contribution in [2.75, 3.05) is 37.1 Å². The molecule has 0 aromatic carbocycles. The van der Waals surface area contributed by atoms with Crippen LogP contribution in [-0.2, 0) is 0 Å². The molecule has 0 unspecified atom stereocenters. The van der Waals surface area contributed by atoms with Crippen LogP contribution >= 0.6 is 94.1 Å². The van der Waals surface area contributed by atoms with Gasteiger partial charge in [-0.1, -0.05) is 47.0 Å². The molecule has 4 aliphatic heterocycles. The fourth-order valence-electron chi connectivity index (χ4n) is 2.20. The lowest BCUT2D eigenvalue weighted by Crippen LogP contribution is -2.34. The van der Waals surface area contributed by atoms with Crippen molar-refractivity contribution in [2.45, 2.75) is 5.25 Å². The van der Waals surface area contributed by atoms with Gasteiger partial charge in [-0.3, -0.25) is 0 Å². The third kappa shape index (κ3) is 4.26. The van der Waals surface area contributed by atoms with Gasteiger partial charge in [0.2, 0.25) is 0 Å². The maximum absolute atomic E-state index is 9.65. The van der Waals surface area contributed by atoms with E-state index in [1.807, 2.05) is 70.6 Å². The predicted octanol–water partition coefficient (Wildman–Crippen LogP) is 4.62. The Labute approximate surface area is 181 Å². The van der Waals surface area contributed by atoms with Gasteiger partial charge in [-0.2, -0.15) is 0 Å². The fraction of sp³-hybridized carbons (Fsp3) is 0.571. The summed E-state index contributed by atoms with van der Waals surface area (Å²) in [5.41, 5.74) is -0.377. The van der Waals surface area contributed by atoms with Crippen molar-refractivity contribution in [3.63, 3.8) is 0 Å². The molecule has 0 aliphatic carbocycles. The number of hydrogen-bond acceptors (Lipinski definition) is 11. The van der Waals surface area contributed by atoms with Crippen molar-refractivity contribution in [3.05, 3.63) is 25.4 Å². The van der Waals surface area contributed by atoms with Crippen LogP contribution in [0.5, 0.6) is 0 Å². The summed E-state index contributed by atoms with van der Waals surface area (Å²) in [4.78, 5) is 0. The van der Waals surface area contributed by atoms with Gasteiger partial charge in [-0.25, -0.2) is 0 Å². The largest absolute Gasteiger partial charge is 0.396 e. The highest BCUT2D eigenvalue weighted by molar-refractivity contribution is 8.45. The maximum atomic E-state index is 9.65. The zero-order chi connectivity index (χ0) is 17.4. The van der Waals surface area contributed by atoms with E-state index in [2.05, 4.69) is 0 Å². The van der Waals surface area contributed by atoms with E-state index >= 15 is 0 Å². The van der Waals surface area contributed by atoms with Crippen molar-refractivity contribution < 1.29 is 15.3 Å². The third-order valence-corrected chi connectivity index (χ3v) is 16.6. The van der Waals surface area contributed by atoms with Gasteiger partial charge in [0, 0.05) is 27.9 Å². The highest BCUT2D eigenvalue weighted by Crippen LogP contribution is 2.68. The summed E-state index contributed by atoms with van der Waals surface area (Å²) >= 11 is 14.7. The maximum Gasteiger partial charge on any atom is 0.0717 e. The van der Waals surface area contributed by atoms with Gasteiger partial charge >= 0.3 is 0 Å². The van der Waals surface area contributed by atoms with Gasteiger partial charge < -0.3 is 15.3 Å². The Balaban J connectivity index is 1.43. The van der Waals surface area contributed by atoms with Crippen LogP contribution in [-0.4, -0.2) is 57.6 Å². The van der Waals surface area contributed by atoms with Crippen molar-refractivity contribution in [3.8, 4) is 0 Å². The zero-order valence-corrected chi connectivity index (χ0v) is 19.5. The van der Waals surface area contributed by atoms with E-state index in [-0.39, 0.29) is 25.2 Å². The summed E-state index contributed by atoms with van der Waals surface area (Å²) in [6.45, 7) is 0.321. The molecule has 4 rings (SSSR count). The second-order valence-corrected chi connectivity index (χ2v) is 15.7. The number of aliphatic hydroxyl groups is 3. The van der Waals surface area contributed by atoms with Gasteiger partial charge in [0.1, 0.15) is 0 Å². The number of aliphatic hydroxyl groups excluding tert-OH is 3. The Morgan fingerprint density at radius 2 is 1.24 bits per heavy atom. The Morgan fingerprint density at radius 1 is 0.720 bits per heavy atom. The smallest absolute Gasteiger partial charge is 0.0717 e. The molecule has 0 spiro atoms. The quantitative estimate of drug-likeness (QED) is 0.521. The molecule has 25 heavy (non-hydrogen) atoms. The molecule has 0 saturated carbocycles. The van der Waals surface area contributed by atoms with Crippen molar-refractivity contribution >= 4 is 94.1 Å². The number of rotatable bonds is 3. The molecule has 4 aliphatic rings. The number of thioether (sulfide) groups is 8. The molecule has 0 aromatic rings. The van der Waals surface area contributed by atoms with Crippen LogP contribution in [0.2, 0.25) is 0 Å². The average Bonchev–Trinajstić information content (AvgIpc) is 3.21. The molecule has 4 heterocycles. The lowest BCUT2D eigenvalue weighted by atomic mass is 9.96. The SMILES string of the molecule is OC[C@@H]1CSC2=C(SC(=C3SC4=C(SCC(CO)(CO)CS4)S3)S2)S1. The van der Waals surface area contributed by atoms with E-state index in [0.29, 0.717) is 5.25 Å². The molecule has 138 valence electrons. The molecule has 3 N–H and O–H groups in total. The van der Waals surface area contributed by atoms with E-state index in [9.17, 15) is 15.3 Å². The highest BCUT2D eigenvalue weighted by Gasteiger charge is 2.38. The minimum Gasteiger partial charge on any atom is -0.396 e. The first-order valence-electron chi connectivity index (χ1n) is 7.48. The van der Waals surface area contributed by atoms with E-state index in [4.69, 9.17) is 0 Å². The Kier molecular flexibility index (Phi) is 7.04. The molecule has 0 aromatic heterocycles. The van der Waals surface area contributed by atoms with Gasteiger partial charge in [0.25, 0.3) is 0 Å². The van der Waals surface area contributed by atoms with Crippen LogP contribution in [0.3, 0.4) is 0 Å². The number of hydrogen-bond donors (Lipinski definition) is 3. The van der Waals surface area contributed by atoms with Gasteiger partial charge in [0.05, 0.1) is 45.2 Å². The van der Waals surface area contributed by atoms with Crippen LogP contribution < -0.4 is 0 Å². The molecular weight excluding hydrogens is 473 g/mol. The van der Waals surface area contributed by atoms with E-state index in [1.165, 1.54) is 25.4 Å². The normalized spacial score (nSPS) is 29.2. The minimum absolute atomic E-state index is 0.0379. The van der Waals surface area contributed by atoms with Crippen molar-refractivity contribution in [1.82, 2.24) is 0 Å². The fourth-order valence-corrected chi connectivity index (χ4v) is 15.0. The molecule has 0 amide bonds. The molecule has 11 heteroatoms. The summed E-state index contributed by atoms with van der Waals surface area (Å²) in [6.07, 6.45) is 0. The van der Waals surface area contributed by atoms with Crippen molar-refractivity contribution in [2.24, 2.45) is 5.41 Å². The summed E-state index contributed by atoms with van der Waals surface area (Å²) in [5, 5.41) is 29.0. The Morgan fingerprint density at radius 3 is 1.76 bits per heavy atom. The van der Waals surface area contributed by atoms with E-state index in [1.54, 1.807) is 23.5 Å². The molecule has 0 saturated heterocycles. The van der Waals surface area contributed by atoms with Gasteiger partial charge in [-0.15, -0.1) is 47.0 Å². The molecule has 0 radical (unpaired) electrons. The van der Waals surface area contributed by atoms with Crippen LogP contribution in [0.25, 0.3) is 0 Å². The van der Waals surface area contributed by atoms with E-state index < -0.39 is 0 Å². The molecule has 0 fully saturated rings. The summed E-state index contributed by atoms with van der Waals surface area (Å²) in [6, 6.07) is 0. The van der Waals surface area contributed by atoms with Crippen LogP contribution in [0.1, 0.15) is 0 Å². The first kappa shape index (κ1) is 20.2. The van der Waals surface area contributed by atoms with Gasteiger partial charge in [-0.05, 0) is 0 Å². The standard InChI is InChI=1S/C14H16O3S8/c15-1-7-2-18-10-11(21-7)25-13(24-10)12-22-8-9(23-12)20-6-14(3-16,4-17)5-19-8/h7,15-17H,1-6H2/t7-/m1/s1. The third-order valence-electron chi connectivity index (χ3n) is 3.81. The molecule has 3 nitrogen and oxygen atoms in total. The molecule has 1 atom stereocenters. The molecular formula is C14H16O3S8. The predicted molar refractivity (Wildman–Crippen MR) is 124 cm³/mol. The van der Waals surface area contributed by atoms with Crippen LogP contribution in [0, 0.1) is 5.41 Å². The Bertz CT molecular complexity index is 630. The topological polar surface area (TPSA) is 60.7 Å². The van der Waals surface area contributed by atoms with Gasteiger partial charge in [0.15, 0.2) is 0 Å². The zero-order valence-electron chi connectivity index (χ0n) is 12.9. The minimum atomic E-state index is -0.377. The van der Waals surface area contributed by atoms with Crippen molar-refractivity contribution in [1.29, 1.82) is 0 Å². The monoisotopic (exact) mass is 488 g/mol. The van der Waals surface area contributed by atoms with E-state index in [0.717, 1.165) is 17.3 Å². The lowest BCUT2D eigenvalue weighted by molar-refractivity contribution is 0.0935. The van der Waals surface area contributed by atoms with Crippen LogP contribution in [0.15, 0.2) is 25.4 Å².